The summed E-state index contributed by atoms with van der Waals surface area (Å²) in [5.74, 6) is 0.340. The van der Waals surface area contributed by atoms with Crippen LogP contribution in [0.3, 0.4) is 0 Å². The highest BCUT2D eigenvalue weighted by atomic mass is 79.9. The first-order valence-corrected chi connectivity index (χ1v) is 8.25. The molecule has 1 saturated heterocycles. The fraction of sp³-hybridized carbons (Fsp3) is 0.312. The van der Waals surface area contributed by atoms with Crippen LogP contribution in [0.5, 0.6) is 0 Å². The van der Waals surface area contributed by atoms with Crippen molar-refractivity contribution in [1.82, 2.24) is 9.97 Å². The van der Waals surface area contributed by atoms with Crippen LogP contribution in [0.25, 0.3) is 0 Å². The molecule has 3 rings (SSSR count). The van der Waals surface area contributed by atoms with Crippen molar-refractivity contribution in [3.63, 3.8) is 0 Å². The molecular formula is C16H17BrN4O2. The van der Waals surface area contributed by atoms with Crippen molar-refractivity contribution >= 4 is 33.3 Å². The topological polar surface area (TPSA) is 76.1 Å². The number of carbonyl (C=O) groups is 1. The summed E-state index contributed by atoms with van der Waals surface area (Å²) in [6.07, 6.45) is 3.73. The van der Waals surface area contributed by atoms with Gasteiger partial charge in [-0.2, -0.15) is 0 Å². The van der Waals surface area contributed by atoms with Crippen molar-refractivity contribution < 1.29 is 9.53 Å². The summed E-state index contributed by atoms with van der Waals surface area (Å²) >= 11 is 3.40. The van der Waals surface area contributed by atoms with Crippen LogP contribution in [0.1, 0.15) is 23.3 Å². The minimum atomic E-state index is -0.278. The number of hydrogen-bond donors (Lipinski definition) is 2. The Hall–Kier alpha value is -1.99. The van der Waals surface area contributed by atoms with E-state index in [4.69, 9.17) is 4.74 Å². The first kappa shape index (κ1) is 15.9. The van der Waals surface area contributed by atoms with Crippen LogP contribution in [-0.4, -0.2) is 35.1 Å². The van der Waals surface area contributed by atoms with E-state index in [2.05, 4.69) is 36.5 Å². The molecule has 1 aliphatic heterocycles. The van der Waals surface area contributed by atoms with Crippen LogP contribution in [-0.2, 0) is 4.74 Å². The van der Waals surface area contributed by atoms with Crippen LogP contribution < -0.4 is 10.6 Å². The summed E-state index contributed by atoms with van der Waals surface area (Å²) in [6, 6.07) is 9.07. The van der Waals surface area contributed by atoms with Crippen molar-refractivity contribution in [2.75, 3.05) is 23.8 Å². The highest BCUT2D eigenvalue weighted by molar-refractivity contribution is 9.10. The van der Waals surface area contributed by atoms with Crippen LogP contribution in [0.2, 0.25) is 0 Å². The molecule has 0 radical (unpaired) electrons. The summed E-state index contributed by atoms with van der Waals surface area (Å²) in [5.41, 5.74) is 1.01. The summed E-state index contributed by atoms with van der Waals surface area (Å²) in [6.45, 7) is 1.50. The van der Waals surface area contributed by atoms with Crippen molar-refractivity contribution in [2.24, 2.45) is 0 Å². The highest BCUT2D eigenvalue weighted by Gasteiger charge is 2.16. The lowest BCUT2D eigenvalue weighted by molar-refractivity contribution is 0.102. The molecule has 0 aliphatic carbocycles. The number of nitrogens with one attached hydrogen (secondary N) is 2. The van der Waals surface area contributed by atoms with Gasteiger partial charge >= 0.3 is 0 Å². The monoisotopic (exact) mass is 376 g/mol. The largest absolute Gasteiger partial charge is 0.376 e. The molecule has 2 aromatic rings. The Bertz CT molecular complexity index is 689. The molecule has 0 spiro atoms. The smallest absolute Gasteiger partial charge is 0.274 e. The molecular weight excluding hydrogens is 360 g/mol. The Labute approximate surface area is 142 Å². The number of anilines is 2. The summed E-state index contributed by atoms with van der Waals surface area (Å²) in [4.78, 5) is 20.5. The molecule has 0 saturated carbocycles. The van der Waals surface area contributed by atoms with E-state index in [0.29, 0.717) is 23.7 Å². The Morgan fingerprint density at radius 3 is 3.00 bits per heavy atom. The molecule has 1 aromatic carbocycles. The average Bonchev–Trinajstić information content (AvgIpc) is 3.09. The second kappa shape index (κ2) is 7.52. The molecule has 23 heavy (non-hydrogen) atoms. The zero-order valence-corrected chi connectivity index (χ0v) is 14.0. The second-order valence-electron chi connectivity index (χ2n) is 5.24. The molecule has 1 amide bonds. The van der Waals surface area contributed by atoms with Gasteiger partial charge in [0, 0.05) is 23.7 Å². The SMILES string of the molecule is O=C(Nc1ccccc1Br)c1cc(NCC2CCCO2)ncn1. The van der Waals surface area contributed by atoms with Gasteiger partial charge in [0.25, 0.3) is 5.91 Å². The molecule has 1 aliphatic rings. The fourth-order valence-corrected chi connectivity index (χ4v) is 2.73. The fourth-order valence-electron chi connectivity index (χ4n) is 2.35. The molecule has 7 heteroatoms. The maximum Gasteiger partial charge on any atom is 0.274 e. The van der Waals surface area contributed by atoms with Gasteiger partial charge in [0.15, 0.2) is 0 Å². The average molecular weight is 377 g/mol. The molecule has 6 nitrogen and oxygen atoms in total. The summed E-state index contributed by atoms with van der Waals surface area (Å²) in [7, 11) is 0. The van der Waals surface area contributed by atoms with Gasteiger partial charge in [-0.25, -0.2) is 9.97 Å². The lowest BCUT2D eigenvalue weighted by Crippen LogP contribution is -2.20. The molecule has 1 atom stereocenters. The third-order valence-corrected chi connectivity index (χ3v) is 4.25. The molecule has 1 aromatic heterocycles. The zero-order valence-electron chi connectivity index (χ0n) is 12.5. The minimum absolute atomic E-state index is 0.211. The van der Waals surface area contributed by atoms with Crippen molar-refractivity contribution in [3.05, 3.63) is 46.8 Å². The number of hydrogen-bond acceptors (Lipinski definition) is 5. The molecule has 2 heterocycles. The Balaban J connectivity index is 1.64. The predicted molar refractivity (Wildman–Crippen MR) is 91.6 cm³/mol. The van der Waals surface area contributed by atoms with Gasteiger partial charge in [-0.1, -0.05) is 12.1 Å². The first-order valence-electron chi connectivity index (χ1n) is 7.46. The minimum Gasteiger partial charge on any atom is -0.376 e. The van der Waals surface area contributed by atoms with E-state index in [9.17, 15) is 4.79 Å². The number of para-hydroxylation sites is 1. The zero-order chi connectivity index (χ0) is 16.1. The quantitative estimate of drug-likeness (QED) is 0.838. The number of benzene rings is 1. The number of halogens is 1. The van der Waals surface area contributed by atoms with E-state index < -0.39 is 0 Å². The second-order valence-corrected chi connectivity index (χ2v) is 6.09. The van der Waals surface area contributed by atoms with E-state index >= 15 is 0 Å². The molecule has 2 N–H and O–H groups in total. The van der Waals surface area contributed by atoms with Gasteiger partial charge in [0.2, 0.25) is 0 Å². The van der Waals surface area contributed by atoms with Crippen molar-refractivity contribution in [3.8, 4) is 0 Å². The number of ether oxygens (including phenoxy) is 1. The lowest BCUT2D eigenvalue weighted by atomic mass is 10.2. The predicted octanol–water partition coefficient (Wildman–Crippen LogP) is 3.08. The number of amides is 1. The number of aromatic nitrogens is 2. The Morgan fingerprint density at radius 1 is 1.35 bits per heavy atom. The first-order chi connectivity index (χ1) is 11.2. The summed E-state index contributed by atoms with van der Waals surface area (Å²) in [5, 5.41) is 6.01. The standard InChI is InChI=1S/C16H17BrN4O2/c17-12-5-1-2-6-13(12)21-16(22)14-8-15(20-10-19-14)18-9-11-4-3-7-23-11/h1-2,5-6,8,10-11H,3-4,7,9H2,(H,21,22)(H,18,19,20). The normalized spacial score (nSPS) is 17.0. The van der Waals surface area contributed by atoms with Crippen molar-refractivity contribution in [2.45, 2.75) is 18.9 Å². The van der Waals surface area contributed by atoms with E-state index in [0.717, 1.165) is 23.9 Å². The third kappa shape index (κ3) is 4.27. The highest BCUT2D eigenvalue weighted by Crippen LogP contribution is 2.21. The Kier molecular flexibility index (Phi) is 5.19. The van der Waals surface area contributed by atoms with Crippen LogP contribution in [0, 0.1) is 0 Å². The third-order valence-electron chi connectivity index (χ3n) is 3.56. The number of nitrogens with zero attached hydrogens (tertiary/aromatic N) is 2. The number of rotatable bonds is 5. The number of carbonyl (C=O) groups excluding carboxylic acids is 1. The summed E-state index contributed by atoms with van der Waals surface area (Å²) < 4.78 is 6.37. The molecule has 0 bridgehead atoms. The van der Waals surface area contributed by atoms with Gasteiger partial charge in [0.05, 0.1) is 11.8 Å². The molecule has 1 fully saturated rings. The lowest BCUT2D eigenvalue weighted by Gasteiger charge is -2.11. The Morgan fingerprint density at radius 2 is 2.22 bits per heavy atom. The maximum atomic E-state index is 12.3. The van der Waals surface area contributed by atoms with Crippen molar-refractivity contribution in [1.29, 1.82) is 0 Å². The van der Waals surface area contributed by atoms with E-state index in [1.165, 1.54) is 6.33 Å². The van der Waals surface area contributed by atoms with Gasteiger partial charge in [-0.3, -0.25) is 4.79 Å². The van der Waals surface area contributed by atoms with Gasteiger partial charge in [0.1, 0.15) is 17.8 Å². The maximum absolute atomic E-state index is 12.3. The van der Waals surface area contributed by atoms with Gasteiger partial charge < -0.3 is 15.4 Å². The van der Waals surface area contributed by atoms with Crippen LogP contribution >= 0.6 is 15.9 Å². The van der Waals surface area contributed by atoms with Gasteiger partial charge in [-0.05, 0) is 40.9 Å². The van der Waals surface area contributed by atoms with E-state index in [1.807, 2.05) is 24.3 Å². The van der Waals surface area contributed by atoms with Gasteiger partial charge in [-0.15, -0.1) is 0 Å². The molecule has 120 valence electrons. The van der Waals surface area contributed by atoms with Crippen LogP contribution in [0.15, 0.2) is 41.1 Å². The molecule has 1 unspecified atom stereocenters. The van der Waals surface area contributed by atoms with E-state index in [1.54, 1.807) is 6.07 Å². The van der Waals surface area contributed by atoms with Crippen LogP contribution in [0.4, 0.5) is 11.5 Å². The van der Waals surface area contributed by atoms with E-state index in [-0.39, 0.29) is 12.0 Å².